The van der Waals surface area contributed by atoms with Crippen LogP contribution >= 0.6 is 15.9 Å². The zero-order valence-electron chi connectivity index (χ0n) is 15.8. The Morgan fingerprint density at radius 2 is 1.03 bits per heavy atom. The van der Waals surface area contributed by atoms with E-state index in [9.17, 15) is 29.4 Å². The Morgan fingerprint density at radius 3 is 1.58 bits per heavy atom. The molecule has 0 fully saturated rings. The number of fused-ring (bicyclic) bond motifs is 3. The first-order valence-electron chi connectivity index (χ1n) is 9.10. The third-order valence-corrected chi connectivity index (χ3v) is 5.53. The van der Waals surface area contributed by atoms with Crippen LogP contribution in [0, 0.1) is 0 Å². The second-order valence-corrected chi connectivity index (χ2v) is 7.64. The maximum absolute atomic E-state index is 12.2. The molecule has 0 atom stereocenters. The fourth-order valence-corrected chi connectivity index (χ4v) is 3.91. The Hall–Kier alpha value is -3.84. The summed E-state index contributed by atoms with van der Waals surface area (Å²) >= 11 is 3.05. The van der Waals surface area contributed by atoms with Crippen LogP contribution < -0.4 is 0 Å². The molecule has 31 heavy (non-hydrogen) atoms. The molecule has 2 N–H and O–H groups in total. The van der Waals surface area contributed by atoms with E-state index < -0.39 is 5.78 Å². The third-order valence-electron chi connectivity index (χ3n) is 4.94. The van der Waals surface area contributed by atoms with E-state index in [0.717, 1.165) is 0 Å². The number of halogens is 1. The molecule has 3 aromatic rings. The van der Waals surface area contributed by atoms with Crippen LogP contribution in [0.25, 0.3) is 0 Å². The van der Waals surface area contributed by atoms with Crippen LogP contribution in [0.5, 0.6) is 11.5 Å². The monoisotopic (exact) mass is 476 g/mol. The molecule has 0 aromatic heterocycles. The van der Waals surface area contributed by atoms with Gasteiger partial charge in [-0.15, -0.1) is 0 Å². The Balaban J connectivity index is 0.000000158. The molecule has 152 valence electrons. The van der Waals surface area contributed by atoms with Crippen molar-refractivity contribution in [3.05, 3.63) is 105 Å². The van der Waals surface area contributed by atoms with Gasteiger partial charge in [0.2, 0.25) is 11.6 Å². The van der Waals surface area contributed by atoms with Crippen LogP contribution in [0.2, 0.25) is 0 Å². The normalized spacial score (nSPS) is 14.0. The minimum atomic E-state index is -0.532. The van der Waals surface area contributed by atoms with Gasteiger partial charge >= 0.3 is 0 Å². The average molecular weight is 477 g/mol. The number of allylic oxidation sites excluding steroid dienone is 2. The van der Waals surface area contributed by atoms with E-state index in [-0.39, 0.29) is 51.1 Å². The van der Waals surface area contributed by atoms with Gasteiger partial charge in [-0.1, -0.05) is 48.5 Å². The largest absolute Gasteiger partial charge is 0.507 e. The Labute approximate surface area is 184 Å². The number of hydrogen-bond donors (Lipinski definition) is 2. The molecule has 0 radical (unpaired) electrons. The van der Waals surface area contributed by atoms with Crippen LogP contribution in [0.15, 0.2) is 71.2 Å². The summed E-state index contributed by atoms with van der Waals surface area (Å²) in [4.78, 5) is 47.3. The van der Waals surface area contributed by atoms with Crippen molar-refractivity contribution in [3.63, 3.8) is 0 Å². The van der Waals surface area contributed by atoms with Gasteiger partial charge in [-0.05, 0) is 28.1 Å². The minimum absolute atomic E-state index is 0.0449. The van der Waals surface area contributed by atoms with Crippen molar-refractivity contribution in [1.29, 1.82) is 0 Å². The summed E-state index contributed by atoms with van der Waals surface area (Å²) in [6.45, 7) is 0. The van der Waals surface area contributed by atoms with Crippen LogP contribution in [0.1, 0.15) is 52.6 Å². The predicted molar refractivity (Wildman–Crippen MR) is 115 cm³/mol. The second kappa shape index (κ2) is 7.77. The maximum Gasteiger partial charge on any atom is 0.201 e. The highest BCUT2D eigenvalue weighted by atomic mass is 79.9. The van der Waals surface area contributed by atoms with Crippen molar-refractivity contribution in [2.45, 2.75) is 0 Å². The van der Waals surface area contributed by atoms with Crippen molar-refractivity contribution < 1.29 is 29.4 Å². The van der Waals surface area contributed by atoms with Crippen molar-refractivity contribution in [3.8, 4) is 11.5 Å². The summed E-state index contributed by atoms with van der Waals surface area (Å²) < 4.78 is 0.330. The standard InChI is InChI=1S/C14H8O4.C10H5BrO2/c15-9-5-1-3-7-11(9)14(18)12-8(13(7)17)4-2-6-10(12)16;11-8-5-9(12)6-3-1-2-4-7(6)10(8)13/h1-6,15-16H;1-5H. The summed E-state index contributed by atoms with van der Waals surface area (Å²) in [5.74, 6) is -1.65. The van der Waals surface area contributed by atoms with Crippen molar-refractivity contribution >= 4 is 39.1 Å². The number of phenolic OH excluding ortho intramolecular Hbond substituents is 2. The molecule has 2 aliphatic rings. The first kappa shape index (κ1) is 20.4. The number of hydrogen-bond acceptors (Lipinski definition) is 6. The summed E-state index contributed by atoms with van der Waals surface area (Å²) in [5, 5.41) is 19.4. The molecule has 5 rings (SSSR count). The minimum Gasteiger partial charge on any atom is -0.507 e. The van der Waals surface area contributed by atoms with Gasteiger partial charge < -0.3 is 10.2 Å². The quantitative estimate of drug-likeness (QED) is 0.393. The number of carbonyl (C=O) groups excluding carboxylic acids is 4. The van der Waals surface area contributed by atoms with Crippen LogP contribution in [-0.2, 0) is 0 Å². The Kier molecular flexibility index (Phi) is 5.12. The zero-order valence-corrected chi connectivity index (χ0v) is 17.3. The van der Waals surface area contributed by atoms with Gasteiger partial charge in [0.05, 0.1) is 15.6 Å². The molecule has 3 aromatic carbocycles. The molecular weight excluding hydrogens is 464 g/mol. The molecular formula is C24H13BrO6. The molecule has 0 saturated carbocycles. The van der Waals surface area contributed by atoms with Crippen molar-refractivity contribution in [1.82, 2.24) is 0 Å². The molecule has 0 amide bonds. The van der Waals surface area contributed by atoms with E-state index in [1.165, 1.54) is 42.5 Å². The Morgan fingerprint density at radius 1 is 0.548 bits per heavy atom. The molecule has 0 spiro atoms. The highest BCUT2D eigenvalue weighted by molar-refractivity contribution is 9.12. The first-order chi connectivity index (χ1) is 14.8. The summed E-state index contributed by atoms with van der Waals surface area (Å²) in [6, 6.07) is 15.5. The van der Waals surface area contributed by atoms with Gasteiger partial charge in [0.15, 0.2) is 11.6 Å². The second-order valence-electron chi connectivity index (χ2n) is 6.79. The first-order valence-corrected chi connectivity index (χ1v) is 9.89. The number of rotatable bonds is 0. The molecule has 0 unspecified atom stereocenters. The highest BCUT2D eigenvalue weighted by Crippen LogP contribution is 2.36. The van der Waals surface area contributed by atoms with Crippen LogP contribution in [0.3, 0.4) is 0 Å². The lowest BCUT2D eigenvalue weighted by Crippen LogP contribution is -2.20. The zero-order chi connectivity index (χ0) is 22.3. The smallest absolute Gasteiger partial charge is 0.201 e. The van der Waals surface area contributed by atoms with Gasteiger partial charge in [-0.3, -0.25) is 19.2 Å². The number of Topliss-reactive ketones (excluding diaryl/α,β-unsaturated/α-hetero) is 1. The summed E-state index contributed by atoms with van der Waals surface area (Å²) in [5.41, 5.74) is 1.20. The molecule has 6 nitrogen and oxygen atoms in total. The van der Waals surface area contributed by atoms with Gasteiger partial charge in [0.25, 0.3) is 0 Å². The van der Waals surface area contributed by atoms with E-state index in [0.29, 0.717) is 15.6 Å². The summed E-state index contributed by atoms with van der Waals surface area (Å²) in [6.07, 6.45) is 1.31. The number of carbonyl (C=O) groups is 4. The number of ketones is 4. The van der Waals surface area contributed by atoms with E-state index in [1.54, 1.807) is 24.3 Å². The lowest BCUT2D eigenvalue weighted by Gasteiger charge is -2.18. The topological polar surface area (TPSA) is 109 Å². The molecule has 7 heteroatoms. The molecule has 2 aliphatic carbocycles. The molecule has 0 aliphatic heterocycles. The fraction of sp³-hybridized carbons (Fsp3) is 0. The van der Waals surface area contributed by atoms with Crippen LogP contribution in [0.4, 0.5) is 0 Å². The molecule has 0 heterocycles. The van der Waals surface area contributed by atoms with Gasteiger partial charge in [0.1, 0.15) is 11.5 Å². The van der Waals surface area contributed by atoms with Gasteiger partial charge in [0, 0.05) is 28.3 Å². The predicted octanol–water partition coefficient (Wildman–Crippen LogP) is 4.22. The average Bonchev–Trinajstić information content (AvgIpc) is 2.76. The van der Waals surface area contributed by atoms with E-state index >= 15 is 0 Å². The fourth-order valence-electron chi connectivity index (χ4n) is 3.49. The van der Waals surface area contributed by atoms with Crippen molar-refractivity contribution in [2.24, 2.45) is 0 Å². The summed E-state index contributed by atoms with van der Waals surface area (Å²) in [7, 11) is 0. The van der Waals surface area contributed by atoms with Gasteiger partial charge in [-0.25, -0.2) is 0 Å². The number of aromatic hydroxyl groups is 2. The number of benzene rings is 3. The molecule has 0 saturated heterocycles. The van der Waals surface area contributed by atoms with Crippen molar-refractivity contribution in [2.75, 3.05) is 0 Å². The SMILES string of the molecule is O=C1C=C(Br)C(=O)c2ccccc21.O=C1c2cccc(O)c2C(=O)c2c(O)cccc21. The van der Waals surface area contributed by atoms with E-state index in [1.807, 2.05) is 0 Å². The van der Waals surface area contributed by atoms with Crippen LogP contribution in [-0.4, -0.2) is 33.3 Å². The Bertz CT molecular complexity index is 1280. The maximum atomic E-state index is 12.2. The highest BCUT2D eigenvalue weighted by Gasteiger charge is 2.33. The van der Waals surface area contributed by atoms with E-state index in [4.69, 9.17) is 0 Å². The van der Waals surface area contributed by atoms with E-state index in [2.05, 4.69) is 15.9 Å². The third kappa shape index (κ3) is 3.39. The molecule has 0 bridgehead atoms. The van der Waals surface area contributed by atoms with Gasteiger partial charge in [-0.2, -0.15) is 0 Å². The number of phenols is 2. The lowest BCUT2D eigenvalue weighted by atomic mass is 9.83. The lowest BCUT2D eigenvalue weighted by molar-refractivity contribution is 0.0974.